The van der Waals surface area contributed by atoms with Crippen LogP contribution < -0.4 is 9.62 Å². The van der Waals surface area contributed by atoms with Crippen molar-refractivity contribution in [2.45, 2.75) is 55.6 Å². The van der Waals surface area contributed by atoms with Gasteiger partial charge in [0.25, 0.3) is 10.0 Å². The van der Waals surface area contributed by atoms with Crippen LogP contribution in [-0.4, -0.2) is 43.8 Å². The van der Waals surface area contributed by atoms with Crippen LogP contribution in [0.25, 0.3) is 0 Å². The minimum atomic E-state index is -4.12. The number of amides is 2. The Labute approximate surface area is 287 Å². The lowest BCUT2D eigenvalue weighted by Gasteiger charge is -2.34. The van der Waals surface area contributed by atoms with Crippen LogP contribution in [0.2, 0.25) is 0 Å². The highest BCUT2D eigenvalue weighted by molar-refractivity contribution is 14.1. The molecule has 0 saturated heterocycles. The number of hydrogen-bond acceptors (Lipinski definition) is 4. The minimum absolute atomic E-state index is 0.0576. The zero-order valence-electron chi connectivity index (χ0n) is 24.7. The van der Waals surface area contributed by atoms with Gasteiger partial charge in [0, 0.05) is 27.1 Å². The van der Waals surface area contributed by atoms with Gasteiger partial charge in [0.15, 0.2) is 0 Å². The van der Waals surface area contributed by atoms with Gasteiger partial charge in [-0.3, -0.25) is 13.9 Å². The molecule has 234 valence electrons. The number of rotatable bonds is 12. The van der Waals surface area contributed by atoms with Gasteiger partial charge in [-0.25, -0.2) is 8.42 Å². The average Bonchev–Trinajstić information content (AvgIpc) is 3.57. The van der Waals surface area contributed by atoms with Crippen molar-refractivity contribution in [3.8, 4) is 0 Å². The zero-order valence-corrected chi connectivity index (χ0v) is 29.2. The van der Waals surface area contributed by atoms with Crippen LogP contribution in [-0.2, 0) is 32.6 Å². The van der Waals surface area contributed by atoms with Crippen molar-refractivity contribution in [2.24, 2.45) is 0 Å². The highest BCUT2D eigenvalue weighted by Gasteiger charge is 2.35. The summed E-state index contributed by atoms with van der Waals surface area (Å²) in [6.45, 7) is -0.343. The van der Waals surface area contributed by atoms with Gasteiger partial charge in [0.05, 0.1) is 10.6 Å². The number of nitrogens with one attached hydrogen (secondary N) is 1. The molecule has 45 heavy (non-hydrogen) atoms. The summed E-state index contributed by atoms with van der Waals surface area (Å²) in [5.74, 6) is -0.707. The average molecular weight is 801 g/mol. The van der Waals surface area contributed by atoms with E-state index in [1.165, 1.54) is 12.1 Å². The maximum Gasteiger partial charge on any atom is 0.264 e. The van der Waals surface area contributed by atoms with Gasteiger partial charge in [0.2, 0.25) is 11.8 Å². The summed E-state index contributed by atoms with van der Waals surface area (Å²) in [6, 6.07) is 31.5. The van der Waals surface area contributed by atoms with Crippen molar-refractivity contribution >= 4 is 66.0 Å². The van der Waals surface area contributed by atoms with Gasteiger partial charge in [-0.1, -0.05) is 89.4 Å². The van der Waals surface area contributed by atoms with E-state index in [0.29, 0.717) is 5.69 Å². The normalized spacial score (nSPS) is 14.1. The molecule has 1 atom stereocenters. The third kappa shape index (κ3) is 8.74. The summed E-state index contributed by atoms with van der Waals surface area (Å²) < 4.78 is 31.1. The molecule has 0 aliphatic heterocycles. The molecule has 10 heteroatoms. The van der Waals surface area contributed by atoms with Crippen molar-refractivity contribution in [1.82, 2.24) is 10.2 Å². The van der Waals surface area contributed by atoms with E-state index in [9.17, 15) is 18.0 Å². The Kier molecular flexibility index (Phi) is 11.3. The highest BCUT2D eigenvalue weighted by atomic mass is 127. The Hall–Kier alpha value is -3.22. The molecule has 1 aliphatic rings. The van der Waals surface area contributed by atoms with Crippen LogP contribution in [0.4, 0.5) is 5.69 Å². The van der Waals surface area contributed by atoms with Gasteiger partial charge < -0.3 is 10.2 Å². The summed E-state index contributed by atoms with van der Waals surface area (Å²) in [5.41, 5.74) is 2.10. The van der Waals surface area contributed by atoms with Crippen molar-refractivity contribution in [1.29, 1.82) is 0 Å². The second kappa shape index (κ2) is 15.4. The topological polar surface area (TPSA) is 86.8 Å². The lowest BCUT2D eigenvalue weighted by Crippen LogP contribution is -2.54. The van der Waals surface area contributed by atoms with Crippen LogP contribution in [0, 0.1) is 3.57 Å². The van der Waals surface area contributed by atoms with E-state index in [1.54, 1.807) is 47.4 Å². The molecule has 0 bridgehead atoms. The monoisotopic (exact) mass is 799 g/mol. The maximum absolute atomic E-state index is 14.5. The standard InChI is InChI=1S/C35H35BrIN3O4S/c36-28-17-15-27(16-18-28)24-39(33(23-26-9-3-1-4-10-26)35(42)38-30-11-7-8-12-30)34(41)25-40(31-21-19-29(37)20-22-31)45(43,44)32-13-5-2-6-14-32/h1-6,9-10,13-22,30,33H,7-8,11-12,23-25H2,(H,38,42)/t33-/m1/s1. The third-order valence-electron chi connectivity index (χ3n) is 7.96. The fourth-order valence-electron chi connectivity index (χ4n) is 5.56. The number of halogens is 2. The van der Waals surface area contributed by atoms with Gasteiger partial charge in [0.1, 0.15) is 12.6 Å². The molecule has 2 amide bonds. The van der Waals surface area contributed by atoms with Crippen molar-refractivity contribution in [3.05, 3.63) is 128 Å². The SMILES string of the molecule is O=C(NC1CCCC1)[C@@H](Cc1ccccc1)N(Cc1ccc(Br)cc1)C(=O)CN(c1ccc(I)cc1)S(=O)(=O)c1ccccc1. The first kappa shape index (κ1) is 33.2. The molecule has 1 fully saturated rings. The van der Waals surface area contributed by atoms with Crippen molar-refractivity contribution < 1.29 is 18.0 Å². The Morgan fingerprint density at radius 3 is 2.04 bits per heavy atom. The quantitative estimate of drug-likeness (QED) is 0.157. The van der Waals surface area contributed by atoms with E-state index in [0.717, 1.165) is 49.2 Å². The number of sulfonamides is 1. The second-order valence-corrected chi connectivity index (χ2v) is 15.2. The Bertz CT molecular complexity index is 1680. The fourth-order valence-corrected chi connectivity index (χ4v) is 7.62. The van der Waals surface area contributed by atoms with E-state index >= 15 is 0 Å². The van der Waals surface area contributed by atoms with Crippen molar-refractivity contribution in [3.63, 3.8) is 0 Å². The molecule has 4 aromatic carbocycles. The lowest BCUT2D eigenvalue weighted by molar-refractivity contribution is -0.140. The minimum Gasteiger partial charge on any atom is -0.352 e. The molecule has 0 heterocycles. The summed E-state index contributed by atoms with van der Waals surface area (Å²) in [6.07, 6.45) is 4.20. The maximum atomic E-state index is 14.5. The van der Waals surface area contributed by atoms with Gasteiger partial charge in [-0.2, -0.15) is 0 Å². The van der Waals surface area contributed by atoms with Crippen LogP contribution in [0.3, 0.4) is 0 Å². The Morgan fingerprint density at radius 2 is 1.42 bits per heavy atom. The van der Waals surface area contributed by atoms with E-state index in [2.05, 4.69) is 43.8 Å². The first-order valence-electron chi connectivity index (χ1n) is 14.9. The summed E-state index contributed by atoms with van der Waals surface area (Å²) >= 11 is 5.63. The molecule has 0 spiro atoms. The van der Waals surface area contributed by atoms with Gasteiger partial charge in [-0.05, 0) is 95.1 Å². The molecule has 7 nitrogen and oxygen atoms in total. The molecule has 4 aromatic rings. The molecule has 1 saturated carbocycles. The molecule has 1 aliphatic carbocycles. The number of anilines is 1. The predicted molar refractivity (Wildman–Crippen MR) is 189 cm³/mol. The second-order valence-electron chi connectivity index (χ2n) is 11.1. The van der Waals surface area contributed by atoms with E-state index in [1.807, 2.05) is 54.6 Å². The summed E-state index contributed by atoms with van der Waals surface area (Å²) in [5, 5.41) is 3.20. The Morgan fingerprint density at radius 1 is 0.822 bits per heavy atom. The number of carbonyl (C=O) groups is 2. The van der Waals surface area contributed by atoms with E-state index in [4.69, 9.17) is 0 Å². The van der Waals surface area contributed by atoms with E-state index in [-0.39, 0.29) is 29.8 Å². The number of hydrogen-bond donors (Lipinski definition) is 1. The summed E-state index contributed by atoms with van der Waals surface area (Å²) in [7, 11) is -4.12. The van der Waals surface area contributed by atoms with Gasteiger partial charge >= 0.3 is 0 Å². The molecular formula is C35H35BrIN3O4S. The van der Waals surface area contributed by atoms with Crippen LogP contribution in [0.15, 0.2) is 119 Å². The number of benzene rings is 4. The highest BCUT2D eigenvalue weighted by Crippen LogP contribution is 2.26. The molecular weight excluding hydrogens is 765 g/mol. The van der Waals surface area contributed by atoms with Crippen molar-refractivity contribution in [2.75, 3.05) is 10.8 Å². The molecule has 0 radical (unpaired) electrons. The fraction of sp³-hybridized carbons (Fsp3) is 0.257. The molecule has 1 N–H and O–H groups in total. The van der Waals surface area contributed by atoms with Crippen LogP contribution in [0.5, 0.6) is 0 Å². The number of nitrogens with zero attached hydrogens (tertiary/aromatic N) is 2. The smallest absolute Gasteiger partial charge is 0.264 e. The van der Waals surface area contributed by atoms with E-state index < -0.39 is 28.5 Å². The third-order valence-corrected chi connectivity index (χ3v) is 11.0. The first-order valence-corrected chi connectivity index (χ1v) is 18.2. The molecule has 0 unspecified atom stereocenters. The largest absolute Gasteiger partial charge is 0.352 e. The number of carbonyl (C=O) groups excluding carboxylic acids is 2. The van der Waals surface area contributed by atoms with Crippen LogP contribution >= 0.6 is 38.5 Å². The van der Waals surface area contributed by atoms with Gasteiger partial charge in [-0.15, -0.1) is 0 Å². The Balaban J connectivity index is 1.55. The summed E-state index contributed by atoms with van der Waals surface area (Å²) in [4.78, 5) is 30.2. The zero-order chi connectivity index (χ0) is 31.8. The molecule has 0 aromatic heterocycles. The predicted octanol–water partition coefficient (Wildman–Crippen LogP) is 6.95. The first-order chi connectivity index (χ1) is 21.7. The van der Waals surface area contributed by atoms with Crippen LogP contribution in [0.1, 0.15) is 36.8 Å². The molecule has 5 rings (SSSR count). The lowest BCUT2D eigenvalue weighted by atomic mass is 10.0.